The molecule has 0 bridgehead atoms. The van der Waals surface area contributed by atoms with Gasteiger partial charge in [0.1, 0.15) is 5.52 Å². The lowest BCUT2D eigenvalue weighted by Crippen LogP contribution is -2.24. The monoisotopic (exact) mass is 337 g/mol. The third-order valence-electron chi connectivity index (χ3n) is 2.72. The maximum absolute atomic E-state index is 12.1. The fourth-order valence-electron chi connectivity index (χ4n) is 1.80. The zero-order valence-corrected chi connectivity index (χ0v) is 12.0. The summed E-state index contributed by atoms with van der Waals surface area (Å²) in [5.41, 5.74) is 0.238. The SMILES string of the molecule is O=C(Cn1ccn2nccc2c1=O)c1sccc1Br. The van der Waals surface area contributed by atoms with E-state index < -0.39 is 0 Å². The number of carbonyl (C=O) groups is 1. The summed E-state index contributed by atoms with van der Waals surface area (Å²) in [6.07, 6.45) is 4.79. The van der Waals surface area contributed by atoms with Gasteiger partial charge in [0.2, 0.25) is 0 Å². The van der Waals surface area contributed by atoms with Crippen molar-refractivity contribution in [3.05, 3.63) is 55.8 Å². The fourth-order valence-corrected chi connectivity index (χ4v) is 3.33. The van der Waals surface area contributed by atoms with Crippen LogP contribution >= 0.6 is 27.3 Å². The van der Waals surface area contributed by atoms with E-state index in [2.05, 4.69) is 21.0 Å². The third-order valence-corrected chi connectivity index (χ3v) is 4.60. The summed E-state index contributed by atoms with van der Waals surface area (Å²) < 4.78 is 3.65. The van der Waals surface area contributed by atoms with Crippen molar-refractivity contribution in [2.45, 2.75) is 6.54 Å². The number of Topliss-reactive ketones (excluding diaryl/α,β-unsaturated/α-hetero) is 1. The molecule has 0 N–H and O–H groups in total. The van der Waals surface area contributed by atoms with Crippen LogP contribution in [0, 0.1) is 0 Å². The molecule has 3 aromatic heterocycles. The first-order valence-corrected chi connectivity index (χ1v) is 7.13. The van der Waals surface area contributed by atoms with Crippen LogP contribution in [0.25, 0.3) is 5.52 Å². The van der Waals surface area contributed by atoms with Crippen LogP contribution in [0.2, 0.25) is 0 Å². The summed E-state index contributed by atoms with van der Waals surface area (Å²) in [7, 11) is 0. The molecule has 0 radical (unpaired) electrons. The highest BCUT2D eigenvalue weighted by molar-refractivity contribution is 9.10. The zero-order chi connectivity index (χ0) is 13.4. The van der Waals surface area contributed by atoms with Crippen LogP contribution in [-0.4, -0.2) is 20.0 Å². The number of hydrogen-bond donors (Lipinski definition) is 0. The second-order valence-corrected chi connectivity index (χ2v) is 5.68. The Morgan fingerprint density at radius 1 is 1.37 bits per heavy atom. The molecule has 0 saturated heterocycles. The number of halogens is 1. The van der Waals surface area contributed by atoms with Gasteiger partial charge in [0.25, 0.3) is 5.56 Å². The van der Waals surface area contributed by atoms with Crippen LogP contribution in [0.1, 0.15) is 9.67 Å². The standard InChI is InChI=1S/C12H8BrN3O2S/c13-8-2-6-19-11(8)10(17)7-15-4-5-16-9(12(15)18)1-3-14-16/h1-6H,7H2. The molecule has 7 heteroatoms. The number of thiophene rings is 1. The van der Waals surface area contributed by atoms with Crippen LogP contribution in [0.3, 0.4) is 0 Å². The topological polar surface area (TPSA) is 56.4 Å². The highest BCUT2D eigenvalue weighted by atomic mass is 79.9. The Morgan fingerprint density at radius 2 is 2.21 bits per heavy atom. The highest BCUT2D eigenvalue weighted by Gasteiger charge is 2.13. The maximum atomic E-state index is 12.1. The van der Waals surface area contributed by atoms with Crippen LogP contribution in [0.5, 0.6) is 0 Å². The van der Waals surface area contributed by atoms with Gasteiger partial charge in [-0.15, -0.1) is 11.3 Å². The minimum absolute atomic E-state index is 0.0274. The summed E-state index contributed by atoms with van der Waals surface area (Å²) in [5.74, 6) is -0.0900. The molecule has 96 valence electrons. The van der Waals surface area contributed by atoms with E-state index in [0.29, 0.717) is 10.4 Å². The molecular formula is C12H8BrN3O2S. The van der Waals surface area contributed by atoms with Crippen molar-refractivity contribution in [1.82, 2.24) is 14.2 Å². The molecule has 3 aromatic rings. The van der Waals surface area contributed by atoms with Crippen LogP contribution in [0.4, 0.5) is 0 Å². The number of hydrogen-bond acceptors (Lipinski definition) is 4. The van der Waals surface area contributed by atoms with Gasteiger partial charge in [-0.2, -0.15) is 5.10 Å². The molecule has 0 saturated carbocycles. The lowest BCUT2D eigenvalue weighted by Gasteiger charge is -2.04. The number of rotatable bonds is 3. The second kappa shape index (κ2) is 4.75. The summed E-state index contributed by atoms with van der Waals surface area (Å²) >= 11 is 4.68. The van der Waals surface area contributed by atoms with Crippen molar-refractivity contribution in [1.29, 1.82) is 0 Å². The van der Waals surface area contributed by atoms with Gasteiger partial charge in [0.15, 0.2) is 5.78 Å². The van der Waals surface area contributed by atoms with E-state index in [0.717, 1.165) is 4.47 Å². The summed E-state index contributed by atoms with van der Waals surface area (Å²) in [4.78, 5) is 24.9. The predicted octanol–water partition coefficient (Wildman–Crippen LogP) is 2.20. The Balaban J connectivity index is 1.98. The Kier molecular flexibility index (Phi) is 3.08. The van der Waals surface area contributed by atoms with E-state index in [1.165, 1.54) is 20.4 Å². The molecule has 0 aliphatic carbocycles. The Bertz CT molecular complexity index is 818. The molecular weight excluding hydrogens is 330 g/mol. The molecule has 0 amide bonds. The van der Waals surface area contributed by atoms with Gasteiger partial charge in [-0.3, -0.25) is 9.59 Å². The predicted molar refractivity (Wildman–Crippen MR) is 75.8 cm³/mol. The van der Waals surface area contributed by atoms with Gasteiger partial charge >= 0.3 is 0 Å². The van der Waals surface area contributed by atoms with E-state index >= 15 is 0 Å². The van der Waals surface area contributed by atoms with Crippen molar-refractivity contribution >= 4 is 38.6 Å². The van der Waals surface area contributed by atoms with Crippen molar-refractivity contribution in [2.75, 3.05) is 0 Å². The van der Waals surface area contributed by atoms with E-state index in [4.69, 9.17) is 0 Å². The number of carbonyl (C=O) groups excluding carboxylic acids is 1. The highest BCUT2D eigenvalue weighted by Crippen LogP contribution is 2.23. The first-order valence-electron chi connectivity index (χ1n) is 5.46. The molecule has 0 atom stereocenters. The Hall–Kier alpha value is -1.73. The molecule has 0 aliphatic rings. The van der Waals surface area contributed by atoms with Gasteiger partial charge in [0, 0.05) is 16.9 Å². The van der Waals surface area contributed by atoms with Crippen LogP contribution in [-0.2, 0) is 6.54 Å². The molecule has 0 aromatic carbocycles. The maximum Gasteiger partial charge on any atom is 0.276 e. The Morgan fingerprint density at radius 3 is 2.95 bits per heavy atom. The van der Waals surface area contributed by atoms with E-state index in [1.807, 2.05) is 11.4 Å². The van der Waals surface area contributed by atoms with E-state index in [-0.39, 0.29) is 17.9 Å². The molecule has 5 nitrogen and oxygen atoms in total. The average molecular weight is 338 g/mol. The number of fused-ring (bicyclic) bond motifs is 1. The van der Waals surface area contributed by atoms with Crippen molar-refractivity contribution in [3.63, 3.8) is 0 Å². The van der Waals surface area contributed by atoms with Gasteiger partial charge in [-0.25, -0.2) is 4.52 Å². The molecule has 3 rings (SSSR count). The summed E-state index contributed by atoms with van der Waals surface area (Å²) in [6.45, 7) is 0.0274. The number of nitrogens with zero attached hydrogens (tertiary/aromatic N) is 3. The number of ketones is 1. The quantitative estimate of drug-likeness (QED) is 0.688. The summed E-state index contributed by atoms with van der Waals surface area (Å²) in [5, 5.41) is 5.81. The minimum atomic E-state index is -0.221. The Labute approximate surface area is 120 Å². The first-order chi connectivity index (χ1) is 9.16. The fraction of sp³-hybridized carbons (Fsp3) is 0.0833. The zero-order valence-electron chi connectivity index (χ0n) is 9.62. The summed E-state index contributed by atoms with van der Waals surface area (Å²) in [6, 6.07) is 3.45. The molecule has 0 fully saturated rings. The number of aromatic nitrogens is 3. The third kappa shape index (κ3) is 2.15. The van der Waals surface area contributed by atoms with Crippen LogP contribution < -0.4 is 5.56 Å². The lowest BCUT2D eigenvalue weighted by atomic mass is 10.3. The van der Waals surface area contributed by atoms with Crippen molar-refractivity contribution in [3.8, 4) is 0 Å². The molecule has 3 heterocycles. The molecule has 0 unspecified atom stereocenters. The molecule has 19 heavy (non-hydrogen) atoms. The van der Waals surface area contributed by atoms with Gasteiger partial charge < -0.3 is 4.57 Å². The lowest BCUT2D eigenvalue weighted by molar-refractivity contribution is 0.0974. The van der Waals surface area contributed by atoms with Gasteiger partial charge in [-0.1, -0.05) is 0 Å². The second-order valence-electron chi connectivity index (χ2n) is 3.91. The van der Waals surface area contributed by atoms with Crippen LogP contribution in [0.15, 0.2) is 45.4 Å². The normalized spacial score (nSPS) is 11.0. The van der Waals surface area contributed by atoms with E-state index in [1.54, 1.807) is 24.7 Å². The van der Waals surface area contributed by atoms with Crippen molar-refractivity contribution < 1.29 is 4.79 Å². The smallest absolute Gasteiger partial charge is 0.276 e. The van der Waals surface area contributed by atoms with E-state index in [9.17, 15) is 9.59 Å². The average Bonchev–Trinajstić information content (AvgIpc) is 3.01. The van der Waals surface area contributed by atoms with Crippen molar-refractivity contribution in [2.24, 2.45) is 0 Å². The largest absolute Gasteiger partial charge is 0.304 e. The molecule has 0 aliphatic heterocycles. The first kappa shape index (κ1) is 12.3. The van der Waals surface area contributed by atoms with Gasteiger partial charge in [-0.05, 0) is 33.4 Å². The minimum Gasteiger partial charge on any atom is -0.304 e. The molecule has 0 spiro atoms. The van der Waals surface area contributed by atoms with Gasteiger partial charge in [0.05, 0.1) is 17.6 Å².